The minimum Gasteiger partial charge on any atom is -0.487 e. The van der Waals surface area contributed by atoms with Crippen molar-refractivity contribution in [2.45, 2.75) is 96.5 Å². The van der Waals surface area contributed by atoms with Crippen LogP contribution in [-0.4, -0.2) is 58.9 Å². The number of aromatic nitrogens is 2. The monoisotopic (exact) mass is 670 g/mol. The van der Waals surface area contributed by atoms with Crippen LogP contribution in [0, 0.1) is 22.5 Å². The van der Waals surface area contributed by atoms with Crippen molar-refractivity contribution >= 4 is 12.4 Å². The smallest absolute Gasteiger partial charge is 0.237 e. The minimum atomic E-state index is -0.296. The summed E-state index contributed by atoms with van der Waals surface area (Å²) in [4.78, 5) is 11.3. The van der Waals surface area contributed by atoms with Crippen molar-refractivity contribution in [1.82, 2.24) is 20.2 Å². The first-order valence-electron chi connectivity index (χ1n) is 16.8. The summed E-state index contributed by atoms with van der Waals surface area (Å²) in [5.41, 5.74) is 1.43. The maximum atomic E-state index is 13.8. The van der Waals surface area contributed by atoms with E-state index >= 15 is 0 Å². The first-order chi connectivity index (χ1) is 22.1. The van der Waals surface area contributed by atoms with E-state index in [1.54, 1.807) is 36.7 Å². The molecule has 1 aromatic heterocycles. The molecule has 2 aromatic carbocycles. The van der Waals surface area contributed by atoms with Gasteiger partial charge in [0, 0.05) is 18.9 Å². The second kappa shape index (κ2) is 15.0. The van der Waals surface area contributed by atoms with E-state index in [1.807, 2.05) is 32.9 Å². The van der Waals surface area contributed by atoms with Crippen LogP contribution in [0.3, 0.4) is 0 Å². The molecule has 1 N–H and O–H groups in total. The summed E-state index contributed by atoms with van der Waals surface area (Å²) < 4.78 is 44.8. The van der Waals surface area contributed by atoms with E-state index in [2.05, 4.69) is 20.2 Å². The molecule has 2 saturated heterocycles. The number of rotatable bonds is 7. The molecule has 2 spiro atoms. The van der Waals surface area contributed by atoms with E-state index in [1.165, 1.54) is 25.0 Å². The standard InChI is InChI=1S/C23H30FN3O2.C14H18FNO.ClH/c1-22(2,3)29-21-19(25-10-11-26-21)16-27-12-8-23(9-13-27)14-17(15-23)28-20-7-5-4-6-18(20)24;15-12-3-1-2-4-13(12)17-11-9-14(10-11)5-7-16-8-6-14;/h4-7,10-11,17H,8-9,12-16H2,1-3H3;1-4,11,16H,5-10H2;1H. The second-order valence-electron chi connectivity index (χ2n) is 14.7. The molecule has 2 saturated carbocycles. The van der Waals surface area contributed by atoms with Gasteiger partial charge in [0.05, 0.1) is 12.2 Å². The van der Waals surface area contributed by atoms with Gasteiger partial charge in [-0.25, -0.2) is 13.8 Å². The molecular formula is C37H49ClF2N4O3. The van der Waals surface area contributed by atoms with Crippen LogP contribution in [-0.2, 0) is 6.54 Å². The molecule has 2 aliphatic carbocycles. The second-order valence-corrected chi connectivity index (χ2v) is 14.7. The van der Waals surface area contributed by atoms with Crippen molar-refractivity contribution in [3.05, 3.63) is 78.3 Å². The van der Waals surface area contributed by atoms with Gasteiger partial charge in [0.25, 0.3) is 0 Å². The first kappa shape index (κ1) is 35.3. The molecule has 0 amide bonds. The van der Waals surface area contributed by atoms with Crippen molar-refractivity contribution in [3.8, 4) is 17.4 Å². The minimum absolute atomic E-state index is 0. The Bertz CT molecular complexity index is 1440. The van der Waals surface area contributed by atoms with Gasteiger partial charge in [-0.2, -0.15) is 0 Å². The topological polar surface area (TPSA) is 68.7 Å². The van der Waals surface area contributed by atoms with Crippen LogP contribution in [0.2, 0.25) is 0 Å². The summed E-state index contributed by atoms with van der Waals surface area (Å²) in [6.45, 7) is 11.1. The van der Waals surface area contributed by atoms with Gasteiger partial charge in [-0.3, -0.25) is 9.88 Å². The van der Waals surface area contributed by atoms with Crippen LogP contribution in [0.15, 0.2) is 60.9 Å². The van der Waals surface area contributed by atoms with Gasteiger partial charge in [0.2, 0.25) is 5.88 Å². The third-order valence-corrected chi connectivity index (χ3v) is 10.00. The van der Waals surface area contributed by atoms with Crippen molar-refractivity contribution < 1.29 is 23.0 Å². The van der Waals surface area contributed by atoms with E-state index in [9.17, 15) is 8.78 Å². The highest BCUT2D eigenvalue weighted by Crippen LogP contribution is 2.51. The third kappa shape index (κ3) is 9.12. The first-order valence-corrected chi connectivity index (χ1v) is 16.8. The molecule has 3 heterocycles. The fraction of sp³-hybridized carbons (Fsp3) is 0.568. The summed E-state index contributed by atoms with van der Waals surface area (Å²) in [5.74, 6) is 0.877. The fourth-order valence-electron chi connectivity index (χ4n) is 7.43. The van der Waals surface area contributed by atoms with Crippen LogP contribution < -0.4 is 19.5 Å². The zero-order valence-corrected chi connectivity index (χ0v) is 28.7. The molecular weight excluding hydrogens is 622 g/mol. The van der Waals surface area contributed by atoms with Crippen LogP contribution >= 0.6 is 12.4 Å². The van der Waals surface area contributed by atoms with Gasteiger partial charge in [0.1, 0.15) is 11.3 Å². The average Bonchev–Trinajstić information content (AvgIpc) is 3.00. The number of hydrogen-bond acceptors (Lipinski definition) is 7. The lowest BCUT2D eigenvalue weighted by Gasteiger charge is -2.51. The molecule has 4 aliphatic rings. The Morgan fingerprint density at radius 2 is 1.26 bits per heavy atom. The van der Waals surface area contributed by atoms with Crippen molar-refractivity contribution in [2.24, 2.45) is 10.8 Å². The Morgan fingerprint density at radius 1 is 0.766 bits per heavy atom. The maximum absolute atomic E-state index is 13.8. The summed E-state index contributed by atoms with van der Waals surface area (Å²) in [5, 5.41) is 3.38. The van der Waals surface area contributed by atoms with Gasteiger partial charge in [-0.05, 0) is 133 Å². The predicted octanol–water partition coefficient (Wildman–Crippen LogP) is 7.78. The zero-order valence-electron chi connectivity index (χ0n) is 27.9. The van der Waals surface area contributed by atoms with Gasteiger partial charge >= 0.3 is 0 Å². The van der Waals surface area contributed by atoms with Gasteiger partial charge in [-0.1, -0.05) is 24.3 Å². The van der Waals surface area contributed by atoms with Crippen molar-refractivity contribution in [2.75, 3.05) is 26.2 Å². The van der Waals surface area contributed by atoms with Crippen LogP contribution in [0.5, 0.6) is 17.4 Å². The number of ether oxygens (including phenoxy) is 3. The van der Waals surface area contributed by atoms with Gasteiger partial charge in [0.15, 0.2) is 23.1 Å². The highest BCUT2D eigenvalue weighted by atomic mass is 35.5. The molecule has 2 aliphatic heterocycles. The number of benzene rings is 2. The van der Waals surface area contributed by atoms with Crippen LogP contribution in [0.1, 0.15) is 77.8 Å². The quantitative estimate of drug-likeness (QED) is 0.275. The molecule has 7 rings (SSSR count). The Hall–Kier alpha value is -3.01. The number of likely N-dealkylation sites (tertiary alicyclic amines) is 1. The molecule has 3 aromatic rings. The number of para-hydroxylation sites is 2. The van der Waals surface area contributed by atoms with Crippen LogP contribution in [0.4, 0.5) is 8.78 Å². The van der Waals surface area contributed by atoms with Crippen LogP contribution in [0.25, 0.3) is 0 Å². The van der Waals surface area contributed by atoms with E-state index < -0.39 is 0 Å². The van der Waals surface area contributed by atoms with Crippen molar-refractivity contribution in [3.63, 3.8) is 0 Å². The zero-order chi connectivity index (χ0) is 32.2. The SMILES string of the molecule is CC(C)(C)Oc1nccnc1CN1CCC2(CC1)CC(Oc1ccccc1F)C2.Cl.Fc1ccccc1OC1CC2(CCNCC2)C1. The molecule has 7 nitrogen and oxygen atoms in total. The number of hydrogen-bond donors (Lipinski definition) is 1. The van der Waals surface area contributed by atoms with Crippen molar-refractivity contribution in [1.29, 1.82) is 0 Å². The lowest BCUT2D eigenvalue weighted by molar-refractivity contribution is -0.0579. The van der Waals surface area contributed by atoms with E-state index in [-0.39, 0.29) is 41.9 Å². The molecule has 47 heavy (non-hydrogen) atoms. The summed E-state index contributed by atoms with van der Waals surface area (Å²) in [6, 6.07) is 13.3. The lowest BCUT2D eigenvalue weighted by Crippen LogP contribution is -2.50. The Kier molecular flexibility index (Phi) is 11.3. The molecule has 0 radical (unpaired) electrons. The average molecular weight is 671 g/mol. The summed E-state index contributed by atoms with van der Waals surface area (Å²) in [6.07, 6.45) is 12.7. The molecule has 0 atom stereocenters. The Labute approximate surface area is 284 Å². The van der Waals surface area contributed by atoms with E-state index in [0.717, 1.165) is 76.9 Å². The molecule has 0 bridgehead atoms. The van der Waals surface area contributed by atoms with E-state index in [4.69, 9.17) is 14.2 Å². The summed E-state index contributed by atoms with van der Waals surface area (Å²) >= 11 is 0. The number of halogens is 3. The predicted molar refractivity (Wildman–Crippen MR) is 181 cm³/mol. The third-order valence-electron chi connectivity index (χ3n) is 10.00. The summed E-state index contributed by atoms with van der Waals surface area (Å²) in [7, 11) is 0. The van der Waals surface area contributed by atoms with E-state index in [0.29, 0.717) is 28.2 Å². The lowest BCUT2D eigenvalue weighted by atomic mass is 9.61. The molecule has 256 valence electrons. The Morgan fingerprint density at radius 3 is 1.77 bits per heavy atom. The number of nitrogens with one attached hydrogen (secondary N) is 1. The van der Waals surface area contributed by atoms with Gasteiger partial charge < -0.3 is 19.5 Å². The Balaban J connectivity index is 0.000000205. The number of nitrogens with zero attached hydrogens (tertiary/aromatic N) is 3. The molecule has 4 fully saturated rings. The highest BCUT2D eigenvalue weighted by molar-refractivity contribution is 5.85. The molecule has 0 unspecified atom stereocenters. The maximum Gasteiger partial charge on any atom is 0.237 e. The van der Waals surface area contributed by atoms with Gasteiger partial charge in [-0.15, -0.1) is 12.4 Å². The molecule has 10 heteroatoms. The fourth-order valence-corrected chi connectivity index (χ4v) is 7.43. The number of piperidine rings is 2. The largest absolute Gasteiger partial charge is 0.487 e. The normalized spacial score (nSPS) is 21.8. The highest BCUT2D eigenvalue weighted by Gasteiger charge is 2.47.